The number of hydrogen-bond donors (Lipinski definition) is 2. The number of fused-ring (bicyclic) bond motifs is 1. The van der Waals surface area contributed by atoms with Crippen molar-refractivity contribution in [2.45, 2.75) is 19.0 Å². The average Bonchev–Trinajstić information content (AvgIpc) is 3.26. The summed E-state index contributed by atoms with van der Waals surface area (Å²) in [6, 6.07) is 11.0. The van der Waals surface area contributed by atoms with Gasteiger partial charge in [0.05, 0.1) is 30.7 Å². The van der Waals surface area contributed by atoms with Gasteiger partial charge in [-0.3, -0.25) is 20.2 Å². The monoisotopic (exact) mass is 488 g/mol. The van der Waals surface area contributed by atoms with Crippen LogP contribution in [0.15, 0.2) is 36.4 Å². The van der Waals surface area contributed by atoms with Crippen molar-refractivity contribution in [2.75, 3.05) is 43.6 Å². The minimum Gasteiger partial charge on any atom is -0.494 e. The van der Waals surface area contributed by atoms with Crippen LogP contribution in [0.1, 0.15) is 22.8 Å². The lowest BCUT2D eigenvalue weighted by Gasteiger charge is -2.29. The minimum absolute atomic E-state index is 0.142. The van der Waals surface area contributed by atoms with Crippen LogP contribution in [0, 0.1) is 0 Å². The molecule has 2 aromatic carbocycles. The Hall–Kier alpha value is -2.72. The van der Waals surface area contributed by atoms with Gasteiger partial charge in [-0.25, -0.2) is 4.98 Å². The van der Waals surface area contributed by atoms with E-state index in [0.29, 0.717) is 36.2 Å². The van der Waals surface area contributed by atoms with Crippen molar-refractivity contribution in [1.29, 1.82) is 0 Å². The molecule has 10 heteroatoms. The van der Waals surface area contributed by atoms with Crippen LogP contribution >= 0.6 is 22.9 Å². The summed E-state index contributed by atoms with van der Waals surface area (Å²) >= 11 is 7.33. The number of ether oxygens (including phenoxy) is 2. The number of aromatic nitrogens is 1. The molecule has 0 saturated carbocycles. The Kier molecular flexibility index (Phi) is 7.44. The first kappa shape index (κ1) is 23.4. The van der Waals surface area contributed by atoms with Crippen LogP contribution < -0.4 is 20.3 Å². The van der Waals surface area contributed by atoms with E-state index in [0.717, 1.165) is 34.6 Å². The molecule has 174 valence electrons. The summed E-state index contributed by atoms with van der Waals surface area (Å²) < 4.78 is 11.9. The first-order valence-electron chi connectivity index (χ1n) is 10.5. The van der Waals surface area contributed by atoms with E-state index < -0.39 is 5.50 Å². The predicted molar refractivity (Wildman–Crippen MR) is 131 cm³/mol. The Morgan fingerprint density at radius 2 is 1.94 bits per heavy atom. The van der Waals surface area contributed by atoms with Crippen molar-refractivity contribution >= 4 is 55.7 Å². The summed E-state index contributed by atoms with van der Waals surface area (Å²) in [7, 11) is 1.61. The van der Waals surface area contributed by atoms with Crippen molar-refractivity contribution in [3.8, 4) is 5.75 Å². The first-order chi connectivity index (χ1) is 16.0. The third-order valence-corrected chi connectivity index (χ3v) is 6.79. The van der Waals surface area contributed by atoms with Gasteiger partial charge in [0.25, 0.3) is 5.91 Å². The second-order valence-corrected chi connectivity index (χ2v) is 9.02. The zero-order valence-electron chi connectivity index (χ0n) is 18.4. The Morgan fingerprint density at radius 1 is 1.21 bits per heavy atom. The molecule has 1 unspecified atom stereocenters. The number of halogens is 1. The highest BCUT2D eigenvalue weighted by molar-refractivity contribution is 7.23. The fraction of sp³-hybridized carbons (Fsp3) is 0.348. The number of thiazole rings is 1. The molecule has 3 aromatic rings. The molecule has 0 aliphatic carbocycles. The molecule has 1 aromatic heterocycles. The number of ketones is 1. The summed E-state index contributed by atoms with van der Waals surface area (Å²) in [5.74, 6) is 0.273. The number of nitrogens with zero attached hydrogens (tertiary/aromatic N) is 2. The lowest BCUT2D eigenvalue weighted by molar-refractivity contribution is -0.117. The third kappa shape index (κ3) is 5.44. The van der Waals surface area contributed by atoms with Gasteiger partial charge in [0.2, 0.25) is 0 Å². The molecule has 1 aliphatic heterocycles. The van der Waals surface area contributed by atoms with Crippen LogP contribution in [0.25, 0.3) is 10.2 Å². The molecular formula is C23H25ClN4O4S. The molecule has 2 heterocycles. The van der Waals surface area contributed by atoms with Gasteiger partial charge in [-0.05, 0) is 36.8 Å². The highest BCUT2D eigenvalue weighted by Crippen LogP contribution is 2.39. The number of benzene rings is 2. The largest absolute Gasteiger partial charge is 0.494 e. The van der Waals surface area contributed by atoms with E-state index in [1.807, 2.05) is 24.3 Å². The molecule has 1 fully saturated rings. The quantitative estimate of drug-likeness (QED) is 0.369. The predicted octanol–water partition coefficient (Wildman–Crippen LogP) is 3.64. The van der Waals surface area contributed by atoms with Gasteiger partial charge in [-0.15, -0.1) is 0 Å². The second kappa shape index (κ2) is 10.5. The summed E-state index contributed by atoms with van der Waals surface area (Å²) in [4.78, 5) is 30.9. The highest BCUT2D eigenvalue weighted by atomic mass is 35.5. The zero-order chi connectivity index (χ0) is 23.4. The molecule has 2 N–H and O–H groups in total. The van der Waals surface area contributed by atoms with Gasteiger partial charge in [-0.2, -0.15) is 0 Å². The number of carbonyl (C=O) groups is 2. The molecule has 8 nitrogen and oxygen atoms in total. The van der Waals surface area contributed by atoms with Crippen molar-refractivity contribution in [2.24, 2.45) is 0 Å². The lowest BCUT2D eigenvalue weighted by atomic mass is 10.1. The molecule has 1 atom stereocenters. The summed E-state index contributed by atoms with van der Waals surface area (Å²) in [5.41, 5.74) is 2.48. The number of rotatable bonds is 8. The number of carbonyl (C=O) groups excluding carboxylic acids is 2. The molecule has 0 radical (unpaired) electrons. The summed E-state index contributed by atoms with van der Waals surface area (Å²) in [5, 5.41) is 6.34. The lowest BCUT2D eigenvalue weighted by Crippen LogP contribution is -2.36. The number of nitrogens with one attached hydrogen (secondary N) is 2. The number of Topliss-reactive ketones (excluding diaryl/α,β-unsaturated/α-hetero) is 1. The van der Waals surface area contributed by atoms with Gasteiger partial charge < -0.3 is 14.4 Å². The van der Waals surface area contributed by atoms with E-state index in [2.05, 4.69) is 20.5 Å². The van der Waals surface area contributed by atoms with Gasteiger partial charge >= 0.3 is 0 Å². The van der Waals surface area contributed by atoms with Crippen molar-refractivity contribution in [3.05, 3.63) is 47.5 Å². The molecular weight excluding hydrogens is 464 g/mol. The van der Waals surface area contributed by atoms with E-state index in [1.165, 1.54) is 18.3 Å². The van der Waals surface area contributed by atoms with Crippen molar-refractivity contribution in [3.63, 3.8) is 0 Å². The van der Waals surface area contributed by atoms with Crippen LogP contribution in [0.3, 0.4) is 0 Å². The molecule has 0 spiro atoms. The van der Waals surface area contributed by atoms with E-state index in [9.17, 15) is 9.59 Å². The number of anilines is 2. The van der Waals surface area contributed by atoms with Gasteiger partial charge in [-0.1, -0.05) is 35.1 Å². The number of hydrogen-bond acceptors (Lipinski definition) is 8. The van der Waals surface area contributed by atoms with Crippen molar-refractivity contribution < 1.29 is 19.1 Å². The van der Waals surface area contributed by atoms with E-state index in [1.54, 1.807) is 19.2 Å². The maximum Gasteiger partial charge on any atom is 0.257 e. The Balaban J connectivity index is 1.50. The molecule has 1 aliphatic rings. The molecule has 4 rings (SSSR count). The third-order valence-electron chi connectivity index (χ3n) is 5.34. The van der Waals surface area contributed by atoms with Crippen LogP contribution in [0.4, 0.5) is 10.8 Å². The topological polar surface area (TPSA) is 92.8 Å². The molecule has 0 bridgehead atoms. The first-order valence-corrected chi connectivity index (χ1v) is 11.8. The fourth-order valence-corrected chi connectivity index (χ4v) is 4.63. The van der Waals surface area contributed by atoms with E-state index in [4.69, 9.17) is 21.1 Å². The normalized spacial score (nSPS) is 14.8. The maximum absolute atomic E-state index is 12.8. The standard InChI is InChI=1S/C23H25ClN4O4S/c1-14(29)21(24)25-13-15-3-5-16(6-4-15)22(30)27-23-26-19-18(31-2)8-7-17(20(19)33-23)28-9-11-32-12-10-28/h3-8,21,25H,9-13H2,1-2H3,(H,26,27,30). The van der Waals surface area contributed by atoms with Crippen LogP contribution in [0.5, 0.6) is 5.75 Å². The van der Waals surface area contributed by atoms with Gasteiger partial charge in [0.1, 0.15) is 16.8 Å². The summed E-state index contributed by atoms with van der Waals surface area (Å²) in [6.07, 6.45) is 0. The second-order valence-electron chi connectivity index (χ2n) is 7.59. The molecule has 33 heavy (non-hydrogen) atoms. The van der Waals surface area contributed by atoms with Crippen LogP contribution in [0.2, 0.25) is 0 Å². The minimum atomic E-state index is -0.730. The van der Waals surface area contributed by atoms with E-state index in [-0.39, 0.29) is 11.7 Å². The molecule has 1 amide bonds. The zero-order valence-corrected chi connectivity index (χ0v) is 20.0. The Bertz CT molecular complexity index is 1150. The smallest absolute Gasteiger partial charge is 0.257 e. The van der Waals surface area contributed by atoms with Crippen LogP contribution in [-0.2, 0) is 16.1 Å². The van der Waals surface area contributed by atoms with Crippen molar-refractivity contribution in [1.82, 2.24) is 10.3 Å². The fourth-order valence-electron chi connectivity index (χ4n) is 3.54. The van der Waals surface area contributed by atoms with Gasteiger partial charge in [0.15, 0.2) is 10.9 Å². The summed E-state index contributed by atoms with van der Waals surface area (Å²) in [6.45, 7) is 4.83. The maximum atomic E-state index is 12.8. The number of morpholine rings is 1. The number of methoxy groups -OCH3 is 1. The Morgan fingerprint density at radius 3 is 2.61 bits per heavy atom. The van der Waals surface area contributed by atoms with Gasteiger partial charge in [0, 0.05) is 25.2 Å². The average molecular weight is 489 g/mol. The van der Waals surface area contributed by atoms with E-state index >= 15 is 0 Å². The number of amides is 1. The highest BCUT2D eigenvalue weighted by Gasteiger charge is 2.20. The Labute approximate surface area is 200 Å². The SMILES string of the molecule is COc1ccc(N2CCOCC2)c2sc(NC(=O)c3ccc(CNC(Cl)C(C)=O)cc3)nc12. The number of alkyl halides is 1. The molecule has 1 saturated heterocycles. The van der Waals surface area contributed by atoms with Crippen LogP contribution in [-0.4, -0.2) is 55.6 Å².